The minimum Gasteiger partial charge on any atom is -0.493 e. The van der Waals surface area contributed by atoms with E-state index in [0.717, 1.165) is 0 Å². The van der Waals surface area contributed by atoms with E-state index in [-0.39, 0.29) is 17.1 Å². The van der Waals surface area contributed by atoms with Crippen molar-refractivity contribution in [1.29, 1.82) is 0 Å². The van der Waals surface area contributed by atoms with Gasteiger partial charge in [0.05, 0.1) is 13.7 Å². The van der Waals surface area contributed by atoms with Crippen LogP contribution >= 0.6 is 0 Å². The maximum Gasteiger partial charge on any atom is 0.336 e. The number of fused-ring (bicyclic) bond motifs is 1. The second-order valence-corrected chi connectivity index (χ2v) is 5.61. The zero-order chi connectivity index (χ0) is 18.1. The van der Waals surface area contributed by atoms with Gasteiger partial charge >= 0.3 is 5.63 Å². The van der Waals surface area contributed by atoms with Crippen LogP contribution in [0.2, 0.25) is 0 Å². The average Bonchev–Trinajstić information content (AvgIpc) is 2.61. The summed E-state index contributed by atoms with van der Waals surface area (Å²) in [7, 11) is 1.38. The Morgan fingerprint density at radius 3 is 2.52 bits per heavy atom. The van der Waals surface area contributed by atoms with Gasteiger partial charge in [-0.25, -0.2) is 4.79 Å². The highest BCUT2D eigenvalue weighted by molar-refractivity contribution is 5.80. The number of ether oxygens (including phenoxy) is 3. The predicted octanol–water partition coefficient (Wildman–Crippen LogP) is -1.02. The van der Waals surface area contributed by atoms with Crippen LogP contribution in [0.3, 0.4) is 0 Å². The first-order valence-electron chi connectivity index (χ1n) is 7.53. The first kappa shape index (κ1) is 17.6. The van der Waals surface area contributed by atoms with Crippen LogP contribution in [0.5, 0.6) is 11.5 Å². The molecule has 0 amide bonds. The molecule has 1 saturated heterocycles. The van der Waals surface area contributed by atoms with Crippen molar-refractivity contribution >= 4 is 11.0 Å². The molecule has 4 N–H and O–H groups in total. The minimum atomic E-state index is -1.56. The SMILES string of the molecule is COc1cc2oc(=O)ccc2cc1OC1O[C@H](CO)[C@@H](O)[C@H](O)[C@H]1O. The summed E-state index contributed by atoms with van der Waals surface area (Å²) < 4.78 is 21.1. The van der Waals surface area contributed by atoms with Gasteiger partial charge in [0.15, 0.2) is 11.5 Å². The van der Waals surface area contributed by atoms with Crippen LogP contribution in [0.25, 0.3) is 11.0 Å². The molecular formula is C16H18O9. The molecule has 2 heterocycles. The van der Waals surface area contributed by atoms with Gasteiger partial charge in [0.2, 0.25) is 6.29 Å². The van der Waals surface area contributed by atoms with Gasteiger partial charge < -0.3 is 39.1 Å². The monoisotopic (exact) mass is 354 g/mol. The summed E-state index contributed by atoms with van der Waals surface area (Å²) in [5.74, 6) is 0.368. The van der Waals surface area contributed by atoms with Crippen LogP contribution < -0.4 is 15.1 Å². The van der Waals surface area contributed by atoms with Gasteiger partial charge in [-0.1, -0.05) is 0 Å². The highest BCUT2D eigenvalue weighted by atomic mass is 16.7. The van der Waals surface area contributed by atoms with E-state index in [4.69, 9.17) is 18.6 Å². The Labute approximate surface area is 141 Å². The normalized spacial score (nSPS) is 29.6. The van der Waals surface area contributed by atoms with E-state index in [1.54, 1.807) is 0 Å². The number of hydrogen-bond donors (Lipinski definition) is 4. The molecule has 1 aromatic heterocycles. The number of rotatable bonds is 4. The summed E-state index contributed by atoms with van der Waals surface area (Å²) >= 11 is 0. The fraction of sp³-hybridized carbons (Fsp3) is 0.438. The third-order valence-corrected chi connectivity index (χ3v) is 4.00. The van der Waals surface area contributed by atoms with Crippen molar-refractivity contribution in [3.05, 3.63) is 34.7 Å². The molecule has 25 heavy (non-hydrogen) atoms. The van der Waals surface area contributed by atoms with Gasteiger partial charge in [0, 0.05) is 17.5 Å². The lowest BCUT2D eigenvalue weighted by molar-refractivity contribution is -0.277. The van der Waals surface area contributed by atoms with Crippen LogP contribution in [0.15, 0.2) is 33.5 Å². The standard InChI is InChI=1S/C16H18O9/c1-22-9-5-8-7(2-3-12(18)23-8)4-10(9)24-16-15(21)14(20)13(19)11(6-17)25-16/h2-5,11,13-17,19-21H,6H2,1H3/t11-,13-,14+,15-,16?/m1/s1. The highest BCUT2D eigenvalue weighted by Gasteiger charge is 2.45. The molecule has 9 nitrogen and oxygen atoms in total. The van der Waals surface area contributed by atoms with Crippen molar-refractivity contribution in [2.24, 2.45) is 0 Å². The van der Waals surface area contributed by atoms with Crippen molar-refractivity contribution in [3.63, 3.8) is 0 Å². The van der Waals surface area contributed by atoms with Gasteiger partial charge in [-0.2, -0.15) is 0 Å². The van der Waals surface area contributed by atoms with Crippen LogP contribution in [0.1, 0.15) is 0 Å². The number of hydrogen-bond acceptors (Lipinski definition) is 9. The molecular weight excluding hydrogens is 336 g/mol. The molecule has 0 bridgehead atoms. The Hall–Kier alpha value is -2.17. The molecule has 1 aliphatic rings. The van der Waals surface area contributed by atoms with Crippen molar-refractivity contribution in [2.45, 2.75) is 30.7 Å². The Morgan fingerprint density at radius 2 is 1.84 bits per heavy atom. The summed E-state index contributed by atoms with van der Waals surface area (Å²) in [4.78, 5) is 11.3. The van der Waals surface area contributed by atoms with Crippen molar-refractivity contribution in [3.8, 4) is 11.5 Å². The van der Waals surface area contributed by atoms with E-state index in [1.165, 1.54) is 31.4 Å². The fourth-order valence-corrected chi connectivity index (χ4v) is 2.62. The van der Waals surface area contributed by atoms with Gasteiger partial charge in [0.25, 0.3) is 0 Å². The first-order chi connectivity index (χ1) is 11.9. The maximum atomic E-state index is 11.3. The molecule has 2 aromatic rings. The second-order valence-electron chi connectivity index (χ2n) is 5.61. The lowest BCUT2D eigenvalue weighted by atomic mass is 9.99. The molecule has 1 aromatic carbocycles. The molecule has 0 aliphatic carbocycles. The molecule has 0 saturated carbocycles. The number of benzene rings is 1. The van der Waals surface area contributed by atoms with Crippen LogP contribution in [0, 0.1) is 0 Å². The molecule has 136 valence electrons. The maximum absolute atomic E-state index is 11.3. The average molecular weight is 354 g/mol. The van der Waals surface area contributed by atoms with E-state index in [0.29, 0.717) is 5.39 Å². The molecule has 1 unspecified atom stereocenters. The van der Waals surface area contributed by atoms with E-state index in [1.807, 2.05) is 0 Å². The Balaban J connectivity index is 1.93. The van der Waals surface area contributed by atoms with E-state index in [2.05, 4.69) is 0 Å². The summed E-state index contributed by atoms with van der Waals surface area (Å²) in [6, 6.07) is 5.72. The first-order valence-corrected chi connectivity index (χ1v) is 7.53. The van der Waals surface area contributed by atoms with Gasteiger partial charge in [-0.15, -0.1) is 0 Å². The zero-order valence-corrected chi connectivity index (χ0v) is 13.2. The summed E-state index contributed by atoms with van der Waals surface area (Å²) in [5.41, 5.74) is -0.234. The van der Waals surface area contributed by atoms with Gasteiger partial charge in [-0.3, -0.25) is 0 Å². The van der Waals surface area contributed by atoms with Crippen LogP contribution in [0.4, 0.5) is 0 Å². The summed E-state index contributed by atoms with van der Waals surface area (Å²) in [6.07, 6.45) is -7.02. The molecule has 3 rings (SSSR count). The highest BCUT2D eigenvalue weighted by Crippen LogP contribution is 2.34. The van der Waals surface area contributed by atoms with Crippen molar-refractivity contribution < 1.29 is 39.1 Å². The molecule has 5 atom stereocenters. The Bertz CT molecular complexity index is 800. The van der Waals surface area contributed by atoms with E-state index < -0.39 is 42.9 Å². The predicted molar refractivity (Wildman–Crippen MR) is 83.4 cm³/mol. The number of aliphatic hydroxyl groups excluding tert-OH is 4. The second kappa shape index (κ2) is 6.98. The number of aliphatic hydroxyl groups is 4. The van der Waals surface area contributed by atoms with Crippen LogP contribution in [-0.2, 0) is 4.74 Å². The summed E-state index contributed by atoms with van der Waals surface area (Å²) in [5, 5.41) is 39.4. The lowest BCUT2D eigenvalue weighted by Crippen LogP contribution is -2.60. The van der Waals surface area contributed by atoms with E-state index in [9.17, 15) is 25.2 Å². The zero-order valence-electron chi connectivity index (χ0n) is 13.2. The quantitative estimate of drug-likeness (QED) is 0.508. The Morgan fingerprint density at radius 1 is 1.08 bits per heavy atom. The molecule has 1 aliphatic heterocycles. The third kappa shape index (κ3) is 3.32. The topological polar surface area (TPSA) is 139 Å². The van der Waals surface area contributed by atoms with E-state index >= 15 is 0 Å². The molecule has 0 spiro atoms. The van der Waals surface area contributed by atoms with Gasteiger partial charge in [-0.05, 0) is 12.1 Å². The largest absolute Gasteiger partial charge is 0.493 e. The van der Waals surface area contributed by atoms with Gasteiger partial charge in [0.1, 0.15) is 30.0 Å². The van der Waals surface area contributed by atoms with Crippen LogP contribution in [-0.4, -0.2) is 64.8 Å². The van der Waals surface area contributed by atoms with Crippen molar-refractivity contribution in [1.82, 2.24) is 0 Å². The lowest BCUT2D eigenvalue weighted by Gasteiger charge is -2.39. The summed E-state index contributed by atoms with van der Waals surface area (Å²) in [6.45, 7) is -0.565. The smallest absolute Gasteiger partial charge is 0.336 e. The fourth-order valence-electron chi connectivity index (χ4n) is 2.62. The number of methoxy groups -OCH3 is 1. The minimum absolute atomic E-state index is 0.160. The molecule has 1 fully saturated rings. The molecule has 9 heteroatoms. The Kier molecular flexibility index (Phi) is 4.93. The third-order valence-electron chi connectivity index (χ3n) is 4.00. The molecule has 0 radical (unpaired) electrons. The van der Waals surface area contributed by atoms with Crippen molar-refractivity contribution in [2.75, 3.05) is 13.7 Å².